The Kier molecular flexibility index (Phi) is 3.63. The van der Waals surface area contributed by atoms with E-state index in [4.69, 9.17) is 10.00 Å². The molecule has 0 aliphatic carbocycles. The summed E-state index contributed by atoms with van der Waals surface area (Å²) in [4.78, 5) is 7.43. The van der Waals surface area contributed by atoms with Crippen LogP contribution in [-0.2, 0) is 6.42 Å². The van der Waals surface area contributed by atoms with Crippen molar-refractivity contribution in [1.82, 2.24) is 9.97 Å². The van der Waals surface area contributed by atoms with Gasteiger partial charge in [0, 0.05) is 17.7 Å². The smallest absolute Gasteiger partial charge is 0.138 e. The molecule has 0 atom stereocenters. The van der Waals surface area contributed by atoms with Gasteiger partial charge in [0.2, 0.25) is 0 Å². The molecule has 0 spiro atoms. The van der Waals surface area contributed by atoms with Gasteiger partial charge in [-0.1, -0.05) is 6.08 Å². The van der Waals surface area contributed by atoms with Gasteiger partial charge in [0.15, 0.2) is 0 Å². The highest BCUT2D eigenvalue weighted by atomic mass is 16.5. The Bertz CT molecular complexity index is 605. The fraction of sp³-hybridized carbons (Fsp3) is 0.286. The van der Waals surface area contributed by atoms with E-state index < -0.39 is 0 Å². The lowest BCUT2D eigenvalue weighted by molar-refractivity contribution is 0.242. The van der Waals surface area contributed by atoms with Gasteiger partial charge in [0.05, 0.1) is 18.4 Å². The zero-order valence-electron chi connectivity index (χ0n) is 10.5. The summed E-state index contributed by atoms with van der Waals surface area (Å²) in [5, 5.41) is 9.51. The minimum absolute atomic E-state index is 0.130. The van der Waals surface area contributed by atoms with E-state index in [0.29, 0.717) is 6.42 Å². The number of rotatable bonds is 4. The second-order valence-corrected chi connectivity index (χ2v) is 4.28. The summed E-state index contributed by atoms with van der Waals surface area (Å²) in [5.74, 6) is 0.766. The van der Waals surface area contributed by atoms with Crippen LogP contribution >= 0.6 is 0 Å². The van der Waals surface area contributed by atoms with E-state index >= 15 is 0 Å². The maximum absolute atomic E-state index is 8.47. The molecule has 2 heterocycles. The molecule has 4 nitrogen and oxygen atoms in total. The third kappa shape index (κ3) is 2.69. The molecule has 0 amide bonds. The first-order valence-corrected chi connectivity index (χ1v) is 5.88. The lowest BCUT2D eigenvalue weighted by Crippen LogP contribution is -2.05. The number of nitrogens with zero attached hydrogens (tertiary/aromatic N) is 2. The Morgan fingerprint density at radius 1 is 1.56 bits per heavy atom. The minimum Gasteiger partial charge on any atom is -0.489 e. The largest absolute Gasteiger partial charge is 0.489 e. The third-order valence-electron chi connectivity index (χ3n) is 2.49. The normalized spacial score (nSPS) is 11.2. The SMILES string of the molecule is CC(C)Oc1cnc2[nH]cc(CC=CC#N)c2c1. The van der Waals surface area contributed by atoms with E-state index in [9.17, 15) is 0 Å². The van der Waals surface area contributed by atoms with Crippen LogP contribution < -0.4 is 4.74 Å². The van der Waals surface area contributed by atoms with Gasteiger partial charge in [-0.05, 0) is 31.9 Å². The molecule has 92 valence electrons. The maximum Gasteiger partial charge on any atom is 0.138 e. The summed E-state index contributed by atoms with van der Waals surface area (Å²) in [7, 11) is 0. The Morgan fingerprint density at radius 3 is 3.11 bits per heavy atom. The molecule has 0 saturated carbocycles. The van der Waals surface area contributed by atoms with Crippen LogP contribution in [0, 0.1) is 11.3 Å². The van der Waals surface area contributed by atoms with Crippen LogP contribution in [0.3, 0.4) is 0 Å². The molecule has 0 aliphatic rings. The van der Waals surface area contributed by atoms with Crippen LogP contribution in [0.25, 0.3) is 11.0 Å². The number of fused-ring (bicyclic) bond motifs is 1. The molecule has 18 heavy (non-hydrogen) atoms. The first kappa shape index (κ1) is 12.2. The number of ether oxygens (including phenoxy) is 1. The van der Waals surface area contributed by atoms with Crippen molar-refractivity contribution in [2.75, 3.05) is 0 Å². The molecule has 0 radical (unpaired) electrons. The van der Waals surface area contributed by atoms with Gasteiger partial charge in [-0.2, -0.15) is 5.26 Å². The average Bonchev–Trinajstić information content (AvgIpc) is 2.72. The number of nitriles is 1. The van der Waals surface area contributed by atoms with Crippen molar-refractivity contribution in [3.8, 4) is 11.8 Å². The fourth-order valence-electron chi connectivity index (χ4n) is 1.78. The van der Waals surface area contributed by atoms with Gasteiger partial charge >= 0.3 is 0 Å². The summed E-state index contributed by atoms with van der Waals surface area (Å²) in [6.45, 7) is 3.97. The number of hydrogen-bond acceptors (Lipinski definition) is 3. The maximum atomic E-state index is 8.47. The van der Waals surface area contributed by atoms with Crippen LogP contribution in [-0.4, -0.2) is 16.1 Å². The number of aromatic nitrogens is 2. The number of aromatic amines is 1. The van der Waals surface area contributed by atoms with Gasteiger partial charge < -0.3 is 9.72 Å². The number of H-pyrrole nitrogens is 1. The Labute approximate surface area is 106 Å². The number of hydrogen-bond donors (Lipinski definition) is 1. The van der Waals surface area contributed by atoms with E-state index in [1.807, 2.05) is 38.3 Å². The van der Waals surface area contributed by atoms with Crippen LogP contribution in [0.1, 0.15) is 19.4 Å². The van der Waals surface area contributed by atoms with E-state index in [-0.39, 0.29) is 6.10 Å². The predicted molar refractivity (Wildman–Crippen MR) is 70.3 cm³/mol. The molecule has 0 bridgehead atoms. The standard InChI is InChI=1S/C14H15N3O/c1-10(2)18-12-7-13-11(5-3-4-6-15)8-16-14(13)17-9-12/h3-4,7-10H,5H2,1-2H3,(H,16,17). The number of allylic oxidation sites excluding steroid dienone is 2. The molecular weight excluding hydrogens is 226 g/mol. The Hall–Kier alpha value is -2.28. The van der Waals surface area contributed by atoms with Crippen molar-refractivity contribution in [2.45, 2.75) is 26.4 Å². The molecule has 4 heteroatoms. The molecule has 2 rings (SSSR count). The summed E-state index contributed by atoms with van der Waals surface area (Å²) in [6.07, 6.45) is 7.79. The van der Waals surface area contributed by atoms with Crippen LogP contribution in [0.2, 0.25) is 0 Å². The van der Waals surface area contributed by atoms with Crippen molar-refractivity contribution in [3.05, 3.63) is 36.2 Å². The average molecular weight is 241 g/mol. The quantitative estimate of drug-likeness (QED) is 0.837. The summed E-state index contributed by atoms with van der Waals surface area (Å²) in [6, 6.07) is 3.97. The van der Waals surface area contributed by atoms with Gasteiger partial charge in [-0.3, -0.25) is 0 Å². The van der Waals surface area contributed by atoms with Crippen LogP contribution in [0.4, 0.5) is 0 Å². The summed E-state index contributed by atoms with van der Waals surface area (Å²) < 4.78 is 5.63. The Morgan fingerprint density at radius 2 is 2.39 bits per heavy atom. The van der Waals surface area contributed by atoms with Crippen molar-refractivity contribution >= 4 is 11.0 Å². The Balaban J connectivity index is 2.31. The first-order chi connectivity index (χ1) is 8.70. The second kappa shape index (κ2) is 5.37. The van der Waals surface area contributed by atoms with Crippen molar-refractivity contribution < 1.29 is 4.74 Å². The van der Waals surface area contributed by atoms with E-state index in [1.165, 1.54) is 6.08 Å². The molecule has 0 aromatic carbocycles. The van der Waals surface area contributed by atoms with Crippen LogP contribution in [0.15, 0.2) is 30.6 Å². The summed E-state index contributed by atoms with van der Waals surface area (Å²) in [5.41, 5.74) is 1.95. The van der Waals surface area contributed by atoms with E-state index in [1.54, 1.807) is 6.20 Å². The van der Waals surface area contributed by atoms with Gasteiger partial charge in [0.1, 0.15) is 11.4 Å². The molecule has 1 N–H and O–H groups in total. The van der Waals surface area contributed by atoms with E-state index in [0.717, 1.165) is 22.3 Å². The van der Waals surface area contributed by atoms with Gasteiger partial charge in [-0.25, -0.2) is 4.98 Å². The number of nitrogens with one attached hydrogen (secondary N) is 1. The first-order valence-electron chi connectivity index (χ1n) is 5.88. The highest BCUT2D eigenvalue weighted by molar-refractivity contribution is 5.81. The van der Waals surface area contributed by atoms with E-state index in [2.05, 4.69) is 9.97 Å². The van der Waals surface area contributed by atoms with Crippen molar-refractivity contribution in [1.29, 1.82) is 5.26 Å². The lowest BCUT2D eigenvalue weighted by Gasteiger charge is -2.08. The highest BCUT2D eigenvalue weighted by Crippen LogP contribution is 2.22. The zero-order chi connectivity index (χ0) is 13.0. The van der Waals surface area contributed by atoms with Gasteiger partial charge in [0.25, 0.3) is 0 Å². The molecule has 2 aromatic rings. The molecular formula is C14H15N3O. The molecule has 0 aliphatic heterocycles. The topological polar surface area (TPSA) is 61.7 Å². The molecule has 2 aromatic heterocycles. The molecule has 0 fully saturated rings. The second-order valence-electron chi connectivity index (χ2n) is 4.28. The predicted octanol–water partition coefficient (Wildman–Crippen LogP) is 2.97. The van der Waals surface area contributed by atoms with Crippen molar-refractivity contribution in [2.24, 2.45) is 0 Å². The number of pyridine rings is 1. The monoisotopic (exact) mass is 241 g/mol. The summed E-state index contributed by atoms with van der Waals surface area (Å²) >= 11 is 0. The highest BCUT2D eigenvalue weighted by Gasteiger charge is 2.06. The van der Waals surface area contributed by atoms with Crippen LogP contribution in [0.5, 0.6) is 5.75 Å². The minimum atomic E-state index is 0.130. The molecule has 0 unspecified atom stereocenters. The van der Waals surface area contributed by atoms with Gasteiger partial charge in [-0.15, -0.1) is 0 Å². The fourth-order valence-corrected chi connectivity index (χ4v) is 1.78. The lowest BCUT2D eigenvalue weighted by atomic mass is 10.1. The van der Waals surface area contributed by atoms with Crippen molar-refractivity contribution in [3.63, 3.8) is 0 Å². The third-order valence-corrected chi connectivity index (χ3v) is 2.49. The molecule has 0 saturated heterocycles. The zero-order valence-corrected chi connectivity index (χ0v) is 10.5.